The number of rotatable bonds is 8. The maximum Gasteiger partial charge on any atom is 0.230 e. The van der Waals surface area contributed by atoms with Crippen LogP contribution < -0.4 is 10.1 Å². The monoisotopic (exact) mass is 407 g/mol. The fourth-order valence-corrected chi connectivity index (χ4v) is 3.40. The third kappa shape index (κ3) is 5.87. The van der Waals surface area contributed by atoms with Crippen molar-refractivity contribution < 1.29 is 9.53 Å². The van der Waals surface area contributed by atoms with Gasteiger partial charge in [0.15, 0.2) is 0 Å². The highest BCUT2D eigenvalue weighted by Crippen LogP contribution is 2.21. The standard InChI is InChI=1S/C19H22BrNO2S/c1-3-18(15-6-10-17(23-2)11-7-15)21-19(22)13-24-12-14-4-8-16(20)9-5-14/h4-11,18H,3,12-13H2,1-2H3,(H,21,22). The number of halogens is 1. The van der Waals surface area contributed by atoms with E-state index in [1.807, 2.05) is 36.4 Å². The average Bonchev–Trinajstić information content (AvgIpc) is 2.61. The number of carbonyl (C=O) groups is 1. The molecule has 1 N–H and O–H groups in total. The van der Waals surface area contributed by atoms with Crippen LogP contribution in [0.25, 0.3) is 0 Å². The molecule has 0 fully saturated rings. The highest BCUT2D eigenvalue weighted by Gasteiger charge is 2.12. The van der Waals surface area contributed by atoms with Gasteiger partial charge >= 0.3 is 0 Å². The lowest BCUT2D eigenvalue weighted by Crippen LogP contribution is -2.29. The summed E-state index contributed by atoms with van der Waals surface area (Å²) in [6.07, 6.45) is 0.857. The predicted molar refractivity (Wildman–Crippen MR) is 104 cm³/mol. The largest absolute Gasteiger partial charge is 0.497 e. The summed E-state index contributed by atoms with van der Waals surface area (Å²) in [7, 11) is 1.65. The highest BCUT2D eigenvalue weighted by molar-refractivity contribution is 9.10. The molecule has 0 saturated carbocycles. The summed E-state index contributed by atoms with van der Waals surface area (Å²) in [6, 6.07) is 16.1. The second kappa shape index (κ2) is 9.74. The summed E-state index contributed by atoms with van der Waals surface area (Å²) in [6.45, 7) is 2.07. The lowest BCUT2D eigenvalue weighted by atomic mass is 10.0. The van der Waals surface area contributed by atoms with Gasteiger partial charge in [0.2, 0.25) is 5.91 Å². The molecule has 0 aliphatic carbocycles. The summed E-state index contributed by atoms with van der Waals surface area (Å²) >= 11 is 5.05. The Labute approximate surface area is 156 Å². The van der Waals surface area contributed by atoms with Gasteiger partial charge in [-0.25, -0.2) is 0 Å². The van der Waals surface area contributed by atoms with E-state index >= 15 is 0 Å². The summed E-state index contributed by atoms with van der Waals surface area (Å²) in [5.41, 5.74) is 2.32. The van der Waals surface area contributed by atoms with Crippen molar-refractivity contribution in [2.45, 2.75) is 25.1 Å². The number of ether oxygens (including phenoxy) is 1. The van der Waals surface area contributed by atoms with Gasteiger partial charge < -0.3 is 10.1 Å². The van der Waals surface area contributed by atoms with E-state index in [1.165, 1.54) is 5.56 Å². The first-order chi connectivity index (χ1) is 11.6. The van der Waals surface area contributed by atoms with Crippen molar-refractivity contribution >= 4 is 33.6 Å². The van der Waals surface area contributed by atoms with Gasteiger partial charge in [0.05, 0.1) is 18.9 Å². The number of benzene rings is 2. The Kier molecular flexibility index (Phi) is 7.66. The van der Waals surface area contributed by atoms with E-state index in [9.17, 15) is 4.79 Å². The lowest BCUT2D eigenvalue weighted by Gasteiger charge is -2.17. The molecule has 0 spiro atoms. The van der Waals surface area contributed by atoms with E-state index in [2.05, 4.69) is 40.3 Å². The number of methoxy groups -OCH3 is 1. The Morgan fingerprint density at radius 2 is 1.83 bits per heavy atom. The average molecular weight is 408 g/mol. The van der Waals surface area contributed by atoms with Crippen LogP contribution in [0.3, 0.4) is 0 Å². The van der Waals surface area contributed by atoms with Crippen molar-refractivity contribution in [2.24, 2.45) is 0 Å². The zero-order valence-corrected chi connectivity index (χ0v) is 16.3. The minimum Gasteiger partial charge on any atom is -0.497 e. The van der Waals surface area contributed by atoms with Gasteiger partial charge in [0.25, 0.3) is 0 Å². The van der Waals surface area contributed by atoms with Crippen molar-refractivity contribution in [3.8, 4) is 5.75 Å². The molecule has 1 unspecified atom stereocenters. The minimum absolute atomic E-state index is 0.0386. The lowest BCUT2D eigenvalue weighted by molar-refractivity contribution is -0.119. The molecule has 0 heterocycles. The van der Waals surface area contributed by atoms with Gasteiger partial charge in [0, 0.05) is 10.2 Å². The normalized spacial score (nSPS) is 11.8. The van der Waals surface area contributed by atoms with Gasteiger partial charge in [-0.2, -0.15) is 0 Å². The Bertz CT molecular complexity index is 643. The fourth-order valence-electron chi connectivity index (χ4n) is 2.34. The van der Waals surface area contributed by atoms with Gasteiger partial charge in [-0.15, -0.1) is 11.8 Å². The molecule has 24 heavy (non-hydrogen) atoms. The van der Waals surface area contributed by atoms with Crippen LogP contribution in [0.5, 0.6) is 5.75 Å². The summed E-state index contributed by atoms with van der Waals surface area (Å²) in [5.74, 6) is 2.19. The molecule has 3 nitrogen and oxygen atoms in total. The van der Waals surface area contributed by atoms with Crippen LogP contribution in [0.4, 0.5) is 0 Å². The number of carbonyl (C=O) groups excluding carboxylic acids is 1. The SMILES string of the molecule is CCC(NC(=O)CSCc1ccc(Br)cc1)c1ccc(OC)cc1. The number of amides is 1. The van der Waals surface area contributed by atoms with Crippen molar-refractivity contribution in [1.29, 1.82) is 0 Å². The summed E-state index contributed by atoms with van der Waals surface area (Å²) < 4.78 is 6.24. The molecule has 0 radical (unpaired) electrons. The second-order valence-corrected chi connectivity index (χ2v) is 7.32. The molecule has 2 aromatic rings. The Hall–Kier alpha value is -1.46. The molecule has 128 valence electrons. The zero-order valence-electron chi connectivity index (χ0n) is 13.9. The van der Waals surface area contributed by atoms with Gasteiger partial charge in [0.1, 0.15) is 5.75 Å². The van der Waals surface area contributed by atoms with Crippen LogP contribution in [0.15, 0.2) is 53.0 Å². The predicted octanol–water partition coefficient (Wildman–Crippen LogP) is 4.96. The molecule has 0 aliphatic rings. The maximum atomic E-state index is 12.2. The molecule has 2 aromatic carbocycles. The number of nitrogens with one attached hydrogen (secondary N) is 1. The minimum atomic E-state index is 0.0386. The first-order valence-electron chi connectivity index (χ1n) is 7.88. The van der Waals surface area contributed by atoms with Crippen LogP contribution in [-0.4, -0.2) is 18.8 Å². The summed E-state index contributed by atoms with van der Waals surface area (Å²) in [5, 5.41) is 3.11. The van der Waals surface area contributed by atoms with Crippen molar-refractivity contribution in [3.63, 3.8) is 0 Å². The second-order valence-electron chi connectivity index (χ2n) is 5.42. The van der Waals surface area contributed by atoms with Crippen LogP contribution in [-0.2, 0) is 10.5 Å². The zero-order chi connectivity index (χ0) is 17.4. The number of hydrogen-bond acceptors (Lipinski definition) is 3. The third-order valence-corrected chi connectivity index (χ3v) is 5.21. The van der Waals surface area contributed by atoms with Gasteiger partial charge in [-0.05, 0) is 41.8 Å². The Morgan fingerprint density at radius 3 is 2.42 bits per heavy atom. The van der Waals surface area contributed by atoms with Crippen molar-refractivity contribution in [1.82, 2.24) is 5.32 Å². The van der Waals surface area contributed by atoms with E-state index in [0.717, 1.165) is 28.0 Å². The quantitative estimate of drug-likeness (QED) is 0.671. The van der Waals surface area contributed by atoms with E-state index in [1.54, 1.807) is 18.9 Å². The molecule has 5 heteroatoms. The van der Waals surface area contributed by atoms with Crippen LogP contribution in [0.1, 0.15) is 30.5 Å². The molecule has 1 amide bonds. The first kappa shape index (κ1) is 18.9. The number of hydrogen-bond donors (Lipinski definition) is 1. The smallest absolute Gasteiger partial charge is 0.230 e. The van der Waals surface area contributed by atoms with E-state index < -0.39 is 0 Å². The van der Waals surface area contributed by atoms with Crippen LogP contribution in [0, 0.1) is 0 Å². The van der Waals surface area contributed by atoms with Crippen molar-refractivity contribution in [3.05, 3.63) is 64.1 Å². The molecular formula is C19H22BrNO2S. The molecule has 2 rings (SSSR count). The molecule has 0 saturated heterocycles. The van der Waals surface area contributed by atoms with Crippen LogP contribution >= 0.6 is 27.7 Å². The topological polar surface area (TPSA) is 38.3 Å². The van der Waals surface area contributed by atoms with E-state index in [0.29, 0.717) is 5.75 Å². The number of thioether (sulfide) groups is 1. The van der Waals surface area contributed by atoms with E-state index in [-0.39, 0.29) is 11.9 Å². The summed E-state index contributed by atoms with van der Waals surface area (Å²) in [4.78, 5) is 12.2. The Morgan fingerprint density at radius 1 is 1.17 bits per heavy atom. The van der Waals surface area contributed by atoms with Crippen molar-refractivity contribution in [2.75, 3.05) is 12.9 Å². The third-order valence-electron chi connectivity index (χ3n) is 3.68. The molecule has 0 aliphatic heterocycles. The first-order valence-corrected chi connectivity index (χ1v) is 9.82. The van der Waals surface area contributed by atoms with Crippen LogP contribution in [0.2, 0.25) is 0 Å². The molecule has 1 atom stereocenters. The van der Waals surface area contributed by atoms with Gasteiger partial charge in [-0.1, -0.05) is 47.1 Å². The fraction of sp³-hybridized carbons (Fsp3) is 0.316. The molecule has 0 bridgehead atoms. The molecule has 0 aromatic heterocycles. The molecular weight excluding hydrogens is 386 g/mol. The maximum absolute atomic E-state index is 12.2. The highest BCUT2D eigenvalue weighted by atomic mass is 79.9. The van der Waals surface area contributed by atoms with Gasteiger partial charge in [-0.3, -0.25) is 4.79 Å². The van der Waals surface area contributed by atoms with E-state index in [4.69, 9.17) is 4.74 Å². The Balaban J connectivity index is 1.81.